The molecule has 1 heterocycles. The monoisotopic (exact) mass is 352 g/mol. The fourth-order valence-electron chi connectivity index (χ4n) is 3.39. The number of amides is 1. The van der Waals surface area contributed by atoms with Crippen LogP contribution in [0.1, 0.15) is 50.4 Å². The molecule has 1 aromatic carbocycles. The van der Waals surface area contributed by atoms with Gasteiger partial charge in [0.2, 0.25) is 5.91 Å². The van der Waals surface area contributed by atoms with Gasteiger partial charge >= 0.3 is 0 Å². The molecule has 0 saturated heterocycles. The van der Waals surface area contributed by atoms with E-state index in [2.05, 4.69) is 30.4 Å². The van der Waals surface area contributed by atoms with Crippen LogP contribution in [0.4, 0.5) is 0 Å². The number of benzene rings is 1. The van der Waals surface area contributed by atoms with Crippen molar-refractivity contribution in [2.45, 2.75) is 51.1 Å². The molecule has 1 aliphatic rings. The van der Waals surface area contributed by atoms with Gasteiger partial charge in [-0.1, -0.05) is 31.0 Å². The molecule has 1 fully saturated rings. The molecule has 3 unspecified atom stereocenters. The normalized spacial score (nSPS) is 25.6. The van der Waals surface area contributed by atoms with Gasteiger partial charge in [0.25, 0.3) is 0 Å². The lowest BCUT2D eigenvalue weighted by Gasteiger charge is -2.37. The minimum absolute atomic E-state index is 0. The topological polar surface area (TPSA) is 55.1 Å². The fourth-order valence-corrected chi connectivity index (χ4v) is 4.46. The Morgan fingerprint density at radius 3 is 2.83 bits per heavy atom. The summed E-state index contributed by atoms with van der Waals surface area (Å²) in [6.45, 7) is 4.07. The van der Waals surface area contributed by atoms with E-state index >= 15 is 0 Å². The van der Waals surface area contributed by atoms with Gasteiger partial charge in [-0.05, 0) is 44.2 Å². The lowest BCUT2D eigenvalue weighted by Crippen LogP contribution is -2.53. The Bertz CT molecular complexity index is 649. The Morgan fingerprint density at radius 1 is 1.39 bits per heavy atom. The zero-order chi connectivity index (χ0) is 15.7. The van der Waals surface area contributed by atoms with Crippen molar-refractivity contribution in [1.82, 2.24) is 5.32 Å². The van der Waals surface area contributed by atoms with Crippen LogP contribution in [0, 0.1) is 5.92 Å². The van der Waals surface area contributed by atoms with Crippen molar-refractivity contribution in [3.8, 4) is 0 Å². The molecule has 3 atom stereocenters. The molecule has 1 amide bonds. The van der Waals surface area contributed by atoms with Gasteiger partial charge in [-0.3, -0.25) is 4.79 Å². The summed E-state index contributed by atoms with van der Waals surface area (Å²) in [5.74, 6) is 0.0349. The van der Waals surface area contributed by atoms with Gasteiger partial charge in [0.1, 0.15) is 0 Å². The maximum absolute atomic E-state index is 12.6. The Morgan fingerprint density at radius 2 is 2.13 bits per heavy atom. The SMILES string of the molecule is CC(NC(=O)C1CCCCC1(C)N)c1cc2ccccc2s1.Cl. The molecule has 5 heteroatoms. The average Bonchev–Trinajstić information content (AvgIpc) is 2.90. The summed E-state index contributed by atoms with van der Waals surface area (Å²) in [6, 6.07) is 10.5. The first-order chi connectivity index (χ1) is 10.5. The second-order valence-electron chi connectivity index (χ2n) is 6.72. The van der Waals surface area contributed by atoms with Crippen LogP contribution in [0.2, 0.25) is 0 Å². The van der Waals surface area contributed by atoms with E-state index in [4.69, 9.17) is 5.73 Å². The first kappa shape index (κ1) is 18.2. The highest BCUT2D eigenvalue weighted by Gasteiger charge is 2.38. The second kappa shape index (κ2) is 7.20. The number of hydrogen-bond acceptors (Lipinski definition) is 3. The minimum atomic E-state index is -0.373. The number of nitrogens with one attached hydrogen (secondary N) is 1. The molecule has 126 valence electrons. The lowest BCUT2D eigenvalue weighted by molar-refractivity contribution is -0.128. The van der Waals surface area contributed by atoms with Gasteiger partial charge in [-0.25, -0.2) is 0 Å². The standard InChI is InChI=1S/C18H24N2OS.ClH/c1-12(16-11-13-7-3-4-9-15(13)22-16)20-17(21)14-8-5-6-10-18(14,2)19;/h3-4,7,9,11-12,14H,5-6,8,10,19H2,1-2H3,(H,20,21);1H. The van der Waals surface area contributed by atoms with Crippen molar-refractivity contribution >= 4 is 39.7 Å². The summed E-state index contributed by atoms with van der Waals surface area (Å²) in [6.07, 6.45) is 4.06. The van der Waals surface area contributed by atoms with Crippen LogP contribution >= 0.6 is 23.7 Å². The molecule has 0 spiro atoms. The van der Waals surface area contributed by atoms with E-state index in [1.54, 1.807) is 11.3 Å². The first-order valence-electron chi connectivity index (χ1n) is 8.05. The molecule has 0 radical (unpaired) electrons. The summed E-state index contributed by atoms with van der Waals surface area (Å²) in [7, 11) is 0. The van der Waals surface area contributed by atoms with Crippen LogP contribution in [-0.4, -0.2) is 11.4 Å². The van der Waals surface area contributed by atoms with Crippen LogP contribution in [0.15, 0.2) is 30.3 Å². The summed E-state index contributed by atoms with van der Waals surface area (Å²) in [4.78, 5) is 13.8. The van der Waals surface area contributed by atoms with Gasteiger partial charge in [0, 0.05) is 15.1 Å². The molecule has 0 bridgehead atoms. The maximum atomic E-state index is 12.6. The van der Waals surface area contributed by atoms with E-state index < -0.39 is 0 Å². The fraction of sp³-hybridized carbons (Fsp3) is 0.500. The molecule has 0 aliphatic heterocycles. The number of rotatable bonds is 3. The number of carbonyl (C=O) groups excluding carboxylic acids is 1. The minimum Gasteiger partial charge on any atom is -0.348 e. The predicted molar refractivity (Wildman–Crippen MR) is 100 cm³/mol. The molecule has 3 rings (SSSR count). The maximum Gasteiger partial charge on any atom is 0.225 e. The van der Waals surface area contributed by atoms with E-state index in [-0.39, 0.29) is 35.8 Å². The number of thiophene rings is 1. The Hall–Kier alpha value is -1.10. The van der Waals surface area contributed by atoms with Crippen LogP contribution in [0.5, 0.6) is 0 Å². The summed E-state index contributed by atoms with van der Waals surface area (Å²) in [5.41, 5.74) is 5.97. The van der Waals surface area contributed by atoms with E-state index in [0.29, 0.717) is 0 Å². The Kier molecular flexibility index (Phi) is 5.71. The van der Waals surface area contributed by atoms with Crippen LogP contribution in [0.25, 0.3) is 10.1 Å². The number of hydrogen-bond donors (Lipinski definition) is 2. The molecule has 2 aromatic rings. The summed E-state index contributed by atoms with van der Waals surface area (Å²) in [5, 5.41) is 4.41. The highest BCUT2D eigenvalue weighted by molar-refractivity contribution is 7.19. The zero-order valence-electron chi connectivity index (χ0n) is 13.7. The quantitative estimate of drug-likeness (QED) is 0.859. The second-order valence-corrected chi connectivity index (χ2v) is 7.84. The summed E-state index contributed by atoms with van der Waals surface area (Å²) >= 11 is 1.75. The van der Waals surface area contributed by atoms with Gasteiger partial charge < -0.3 is 11.1 Å². The third-order valence-corrected chi connectivity index (χ3v) is 6.10. The largest absolute Gasteiger partial charge is 0.348 e. The van der Waals surface area contributed by atoms with Crippen molar-refractivity contribution in [3.05, 3.63) is 35.2 Å². The zero-order valence-corrected chi connectivity index (χ0v) is 15.3. The Labute approximate surface area is 148 Å². The van der Waals surface area contributed by atoms with E-state index in [9.17, 15) is 4.79 Å². The predicted octanol–water partition coefficient (Wildman–Crippen LogP) is 4.41. The third kappa shape index (κ3) is 3.87. The molecule has 3 N–H and O–H groups in total. The average molecular weight is 353 g/mol. The van der Waals surface area contributed by atoms with Gasteiger partial charge in [0.15, 0.2) is 0 Å². The number of fused-ring (bicyclic) bond motifs is 1. The highest BCUT2D eigenvalue weighted by Crippen LogP contribution is 2.33. The van der Waals surface area contributed by atoms with Gasteiger partial charge in [0.05, 0.1) is 12.0 Å². The van der Waals surface area contributed by atoms with Crippen molar-refractivity contribution in [2.24, 2.45) is 11.7 Å². The van der Waals surface area contributed by atoms with Crippen molar-refractivity contribution in [1.29, 1.82) is 0 Å². The van der Waals surface area contributed by atoms with Crippen LogP contribution in [-0.2, 0) is 4.79 Å². The third-order valence-electron chi connectivity index (χ3n) is 4.80. The van der Waals surface area contributed by atoms with Crippen molar-refractivity contribution < 1.29 is 4.79 Å². The first-order valence-corrected chi connectivity index (χ1v) is 8.87. The Balaban J connectivity index is 0.00000192. The molecule has 3 nitrogen and oxygen atoms in total. The van der Waals surface area contributed by atoms with E-state index in [0.717, 1.165) is 25.7 Å². The van der Waals surface area contributed by atoms with Crippen LogP contribution < -0.4 is 11.1 Å². The number of halogens is 1. The van der Waals surface area contributed by atoms with Crippen LogP contribution in [0.3, 0.4) is 0 Å². The molecule has 23 heavy (non-hydrogen) atoms. The van der Waals surface area contributed by atoms with Crippen molar-refractivity contribution in [3.63, 3.8) is 0 Å². The van der Waals surface area contributed by atoms with Gasteiger partial charge in [-0.2, -0.15) is 0 Å². The summed E-state index contributed by atoms with van der Waals surface area (Å²) < 4.78 is 1.26. The van der Waals surface area contributed by atoms with Crippen molar-refractivity contribution in [2.75, 3.05) is 0 Å². The number of nitrogens with two attached hydrogens (primary N) is 1. The number of carbonyl (C=O) groups is 1. The van der Waals surface area contributed by atoms with Gasteiger partial charge in [-0.15, -0.1) is 23.7 Å². The van der Waals surface area contributed by atoms with E-state index in [1.165, 1.54) is 15.0 Å². The highest BCUT2D eigenvalue weighted by atomic mass is 35.5. The molecule has 1 aliphatic carbocycles. The molecule has 1 aromatic heterocycles. The van der Waals surface area contributed by atoms with E-state index in [1.807, 2.05) is 19.1 Å². The smallest absolute Gasteiger partial charge is 0.225 e. The molecule has 1 saturated carbocycles. The lowest BCUT2D eigenvalue weighted by atomic mass is 9.74. The molecular weight excluding hydrogens is 328 g/mol. The molecular formula is C18H25ClN2OS.